The maximum absolute atomic E-state index is 14.4. The van der Waals surface area contributed by atoms with Crippen molar-refractivity contribution in [3.63, 3.8) is 0 Å². The van der Waals surface area contributed by atoms with E-state index in [4.69, 9.17) is 47.4 Å². The summed E-state index contributed by atoms with van der Waals surface area (Å²) in [6.45, 7) is 11.9. The van der Waals surface area contributed by atoms with Gasteiger partial charge in [-0.05, 0) is 75.7 Å². The van der Waals surface area contributed by atoms with E-state index in [2.05, 4.69) is 32.9 Å². The van der Waals surface area contributed by atoms with Crippen LogP contribution in [0.2, 0.25) is 0 Å². The lowest BCUT2D eigenvalue weighted by atomic mass is 9.71. The number of aliphatic hydroxyl groups excluding tert-OH is 2. The number of rotatable bonds is 7. The first-order valence-corrected chi connectivity index (χ1v) is 24.0. The fourth-order valence-electron chi connectivity index (χ4n) is 11.7. The molecule has 14 heteroatoms. The van der Waals surface area contributed by atoms with Crippen LogP contribution in [-0.4, -0.2) is 139 Å². The molecular formula is C50H74O14. The van der Waals surface area contributed by atoms with Crippen molar-refractivity contribution in [2.24, 2.45) is 23.7 Å². The van der Waals surface area contributed by atoms with E-state index in [1.54, 1.807) is 40.2 Å². The van der Waals surface area contributed by atoms with Gasteiger partial charge in [-0.2, -0.15) is 0 Å². The molecule has 0 aromatic carbocycles. The zero-order valence-corrected chi connectivity index (χ0v) is 39.0. The van der Waals surface area contributed by atoms with E-state index < -0.39 is 90.8 Å². The lowest BCUT2D eigenvalue weighted by molar-refractivity contribution is -0.318. The van der Waals surface area contributed by atoms with Crippen LogP contribution in [0.4, 0.5) is 0 Å². The molecule has 5 fully saturated rings. The van der Waals surface area contributed by atoms with Gasteiger partial charge >= 0.3 is 5.97 Å². The molecule has 1 spiro atoms. The average molecular weight is 899 g/mol. The molecule has 6 aliphatic heterocycles. The van der Waals surface area contributed by atoms with Crippen LogP contribution in [0.1, 0.15) is 106 Å². The predicted octanol–water partition coefficient (Wildman–Crippen LogP) is 5.91. The second-order valence-corrected chi connectivity index (χ2v) is 20.0. The Kier molecular flexibility index (Phi) is 15.1. The average Bonchev–Trinajstić information content (AvgIpc) is 3.62. The van der Waals surface area contributed by atoms with Crippen LogP contribution in [0.15, 0.2) is 59.3 Å². The van der Waals surface area contributed by atoms with Crippen molar-refractivity contribution in [3.8, 4) is 0 Å². The summed E-state index contributed by atoms with van der Waals surface area (Å²) >= 11 is 0. The summed E-state index contributed by atoms with van der Waals surface area (Å²) in [5.74, 6) is -2.32. The fraction of sp³-hybridized carbons (Fsp3) is 0.780. The van der Waals surface area contributed by atoms with Crippen molar-refractivity contribution in [3.05, 3.63) is 59.3 Å². The summed E-state index contributed by atoms with van der Waals surface area (Å²) < 4.78 is 64.1. The zero-order valence-electron chi connectivity index (χ0n) is 39.0. The van der Waals surface area contributed by atoms with Crippen molar-refractivity contribution >= 4 is 5.97 Å². The maximum atomic E-state index is 14.4. The first-order valence-electron chi connectivity index (χ1n) is 24.0. The highest BCUT2D eigenvalue weighted by atomic mass is 16.7. The molecule has 3 N–H and O–H groups in total. The first kappa shape index (κ1) is 48.2. The van der Waals surface area contributed by atoms with Gasteiger partial charge in [-0.25, -0.2) is 0 Å². The SMILES string of the molecule is CO[C@H]1C[C@H](OC2/C(C)=C/C[C@@H]3C[C@@H](C[C@]4(C=C[C@H](C)[C@@H](C5CCCCC5)O4)O3)OC(=O)[C@@H]3C=C(C)[C@@H](O)[C@H]4OC/C(=C\C=C\[C@@H]2C)[C@]43O)O[C@@H](C)C1O[C@H]1C[C@H](OC)[C@@H](O)[C@H](C)O1. The van der Waals surface area contributed by atoms with Crippen LogP contribution in [0.25, 0.3) is 0 Å². The molecule has 64 heavy (non-hydrogen) atoms. The van der Waals surface area contributed by atoms with Crippen molar-refractivity contribution in [1.29, 1.82) is 0 Å². The molecule has 0 aromatic rings. The number of methoxy groups -OCH3 is 2. The van der Waals surface area contributed by atoms with Gasteiger partial charge in [0.25, 0.3) is 0 Å². The molecule has 0 radical (unpaired) electrons. The zero-order chi connectivity index (χ0) is 45.5. The van der Waals surface area contributed by atoms with Crippen molar-refractivity contribution < 1.29 is 67.5 Å². The Morgan fingerprint density at radius 3 is 2.28 bits per heavy atom. The number of esters is 1. The number of hydrogen-bond donors (Lipinski definition) is 3. The molecule has 0 aromatic heterocycles. The number of carbonyl (C=O) groups is 1. The summed E-state index contributed by atoms with van der Waals surface area (Å²) in [6.07, 6.45) is 13.8. The molecule has 2 unspecified atom stereocenters. The lowest BCUT2D eigenvalue weighted by Crippen LogP contribution is -2.58. The second-order valence-electron chi connectivity index (χ2n) is 20.0. The predicted molar refractivity (Wildman–Crippen MR) is 234 cm³/mol. The van der Waals surface area contributed by atoms with Crippen LogP contribution >= 0.6 is 0 Å². The van der Waals surface area contributed by atoms with Crippen molar-refractivity contribution in [2.75, 3.05) is 20.8 Å². The highest BCUT2D eigenvalue weighted by molar-refractivity contribution is 5.78. The minimum absolute atomic E-state index is 0.0242. The Bertz CT molecular complexity index is 1790. The van der Waals surface area contributed by atoms with E-state index in [0.29, 0.717) is 49.2 Å². The van der Waals surface area contributed by atoms with Gasteiger partial charge in [0, 0.05) is 51.7 Å². The largest absolute Gasteiger partial charge is 0.462 e. The van der Waals surface area contributed by atoms with E-state index in [9.17, 15) is 20.1 Å². The molecule has 1 saturated carbocycles. The Morgan fingerprint density at radius 1 is 0.812 bits per heavy atom. The molecule has 358 valence electrons. The number of ether oxygens (including phenoxy) is 10. The minimum Gasteiger partial charge on any atom is -0.462 e. The number of carbonyl (C=O) groups excluding carboxylic acids is 1. The fourth-order valence-corrected chi connectivity index (χ4v) is 11.7. The number of aliphatic hydroxyl groups is 3. The van der Waals surface area contributed by atoms with E-state index in [0.717, 1.165) is 18.4 Å². The maximum Gasteiger partial charge on any atom is 0.316 e. The quantitative estimate of drug-likeness (QED) is 0.204. The third kappa shape index (κ3) is 9.82. The molecule has 8 aliphatic rings. The van der Waals surface area contributed by atoms with Gasteiger partial charge in [-0.15, -0.1) is 0 Å². The first-order chi connectivity index (χ1) is 30.6. The van der Waals surface area contributed by atoms with Gasteiger partial charge in [0.05, 0.1) is 49.3 Å². The standard InChI is InChI=1S/C50H74O14/c1-27-13-12-16-34-26-57-47-42(51)30(4)21-37(50(34,47)54)48(53)60-36-22-35(63-49(25-36)20-19-29(3)45(64-49)33-14-10-9-11-15-33)18-17-28(2)44(27)61-41-24-39(56-8)46(32(6)59-41)62-40-23-38(55-7)43(52)31(5)58-40/h12-13,16-17,19-21,27,29,31-33,35-47,51-52,54H,9-11,14-15,18,22-26H2,1-8H3/b13-12+,28-17+,34-16+/t27-,29-,31-,32-,35+,36-,37-,38-,39-,40-,41-,42+,43-,44?,45-,46?,47+,49+,50+/m0/s1. The van der Waals surface area contributed by atoms with Gasteiger partial charge < -0.3 is 62.7 Å². The van der Waals surface area contributed by atoms with E-state index in [1.807, 2.05) is 25.2 Å². The van der Waals surface area contributed by atoms with Crippen LogP contribution < -0.4 is 0 Å². The second kappa shape index (κ2) is 20.1. The number of allylic oxidation sites excluding steroid dienone is 2. The smallest absolute Gasteiger partial charge is 0.316 e. The molecule has 2 bridgehead atoms. The van der Waals surface area contributed by atoms with E-state index >= 15 is 0 Å². The Hall–Kier alpha value is -2.31. The van der Waals surface area contributed by atoms with Crippen LogP contribution in [-0.2, 0) is 52.2 Å². The third-order valence-electron chi connectivity index (χ3n) is 15.4. The van der Waals surface area contributed by atoms with Crippen molar-refractivity contribution in [2.45, 2.75) is 203 Å². The Balaban J connectivity index is 1.08. The molecule has 4 saturated heterocycles. The topological polar surface area (TPSA) is 170 Å². The van der Waals surface area contributed by atoms with Gasteiger partial charge in [0.1, 0.15) is 42.0 Å². The number of hydrogen-bond acceptors (Lipinski definition) is 14. The van der Waals surface area contributed by atoms with Crippen LogP contribution in [0, 0.1) is 23.7 Å². The third-order valence-corrected chi connectivity index (χ3v) is 15.4. The van der Waals surface area contributed by atoms with Crippen molar-refractivity contribution in [1.82, 2.24) is 0 Å². The molecular weight excluding hydrogens is 825 g/mol. The minimum atomic E-state index is -1.83. The normalized spacial score (nSPS) is 49.2. The molecule has 14 nitrogen and oxygen atoms in total. The van der Waals surface area contributed by atoms with E-state index in [-0.39, 0.29) is 36.8 Å². The molecule has 8 rings (SSSR count). The highest BCUT2D eigenvalue weighted by Gasteiger charge is 2.60. The van der Waals surface area contributed by atoms with Crippen LogP contribution in [0.5, 0.6) is 0 Å². The summed E-state index contributed by atoms with van der Waals surface area (Å²) in [6, 6.07) is 0. The summed E-state index contributed by atoms with van der Waals surface area (Å²) in [5, 5.41) is 34.3. The Morgan fingerprint density at radius 2 is 1.53 bits per heavy atom. The Labute approximate surface area is 379 Å². The van der Waals surface area contributed by atoms with Crippen LogP contribution in [0.3, 0.4) is 0 Å². The number of fused-ring (bicyclic) bond motifs is 2. The van der Waals surface area contributed by atoms with Gasteiger partial charge in [-0.3, -0.25) is 4.79 Å². The van der Waals surface area contributed by atoms with Gasteiger partial charge in [-0.1, -0.05) is 69.6 Å². The molecule has 6 heterocycles. The summed E-state index contributed by atoms with van der Waals surface area (Å²) in [7, 11) is 3.23. The van der Waals surface area contributed by atoms with Gasteiger partial charge in [0.15, 0.2) is 18.4 Å². The molecule has 2 aliphatic carbocycles. The monoisotopic (exact) mass is 899 g/mol. The summed E-state index contributed by atoms with van der Waals surface area (Å²) in [5.41, 5.74) is 0.166. The lowest BCUT2D eigenvalue weighted by Gasteiger charge is -2.49. The molecule has 0 amide bonds. The highest BCUT2D eigenvalue weighted by Crippen LogP contribution is 2.48. The van der Waals surface area contributed by atoms with E-state index in [1.165, 1.54) is 19.3 Å². The molecule has 19 atom stereocenters. The van der Waals surface area contributed by atoms with Gasteiger partial charge in [0.2, 0.25) is 0 Å². The summed E-state index contributed by atoms with van der Waals surface area (Å²) in [4.78, 5) is 14.4.